The van der Waals surface area contributed by atoms with Crippen LogP contribution in [-0.4, -0.2) is 22.9 Å². The standard InChI is InChI=1S/C15H23N5/c1-11(12-7-3-2-4-8-12)20(13-9-5-6-10-13)15(18)19-14(16)17/h2-4,7-8,11,13H,5-6,9-10H2,1H3,(H5,16,17,18,19). The van der Waals surface area contributed by atoms with E-state index in [4.69, 9.17) is 16.9 Å². The molecule has 1 saturated carbocycles. The zero-order valence-corrected chi connectivity index (χ0v) is 11.9. The van der Waals surface area contributed by atoms with Gasteiger partial charge in [-0.2, -0.15) is 4.99 Å². The highest BCUT2D eigenvalue weighted by Crippen LogP contribution is 2.31. The fourth-order valence-corrected chi connectivity index (χ4v) is 2.93. The molecule has 0 amide bonds. The fraction of sp³-hybridized carbons (Fsp3) is 0.467. The van der Waals surface area contributed by atoms with Gasteiger partial charge in [0.2, 0.25) is 5.96 Å². The topological polar surface area (TPSA) is 91.5 Å². The Labute approximate surface area is 120 Å². The summed E-state index contributed by atoms with van der Waals surface area (Å²) in [6.45, 7) is 2.10. The first kappa shape index (κ1) is 14.4. The first-order valence-corrected chi connectivity index (χ1v) is 7.11. The van der Waals surface area contributed by atoms with Crippen LogP contribution in [0.1, 0.15) is 44.2 Å². The Balaban J connectivity index is 2.26. The maximum atomic E-state index is 8.20. The predicted molar refractivity (Wildman–Crippen MR) is 82.5 cm³/mol. The molecular formula is C15H23N5. The zero-order valence-electron chi connectivity index (χ0n) is 11.9. The highest BCUT2D eigenvalue weighted by molar-refractivity contribution is 5.92. The van der Waals surface area contributed by atoms with Crippen molar-refractivity contribution in [2.24, 2.45) is 16.5 Å². The predicted octanol–water partition coefficient (Wildman–Crippen LogP) is 2.20. The summed E-state index contributed by atoms with van der Waals surface area (Å²) < 4.78 is 0. The summed E-state index contributed by atoms with van der Waals surface area (Å²) in [6.07, 6.45) is 4.61. The van der Waals surface area contributed by atoms with E-state index in [2.05, 4.69) is 24.0 Å². The summed E-state index contributed by atoms with van der Waals surface area (Å²) in [5.41, 5.74) is 12.0. The third kappa shape index (κ3) is 3.29. The lowest BCUT2D eigenvalue weighted by atomic mass is 10.0. The number of aliphatic imine (C=N–C) groups is 1. The van der Waals surface area contributed by atoms with Gasteiger partial charge < -0.3 is 16.4 Å². The van der Waals surface area contributed by atoms with Gasteiger partial charge in [0.25, 0.3) is 0 Å². The van der Waals surface area contributed by atoms with E-state index in [-0.39, 0.29) is 18.0 Å². The van der Waals surface area contributed by atoms with Gasteiger partial charge in [0.15, 0.2) is 5.96 Å². The molecule has 2 rings (SSSR count). The van der Waals surface area contributed by atoms with Crippen LogP contribution in [0, 0.1) is 5.41 Å². The van der Waals surface area contributed by atoms with Gasteiger partial charge in [-0.25, -0.2) is 0 Å². The number of nitrogens with two attached hydrogens (primary N) is 2. The summed E-state index contributed by atoms with van der Waals surface area (Å²) >= 11 is 0. The number of hydrogen-bond donors (Lipinski definition) is 3. The molecule has 1 unspecified atom stereocenters. The lowest BCUT2D eigenvalue weighted by Gasteiger charge is -2.35. The smallest absolute Gasteiger partial charge is 0.221 e. The molecule has 0 saturated heterocycles. The number of rotatable bonds is 3. The third-order valence-electron chi connectivity index (χ3n) is 3.90. The Kier molecular flexibility index (Phi) is 4.61. The molecule has 0 radical (unpaired) electrons. The summed E-state index contributed by atoms with van der Waals surface area (Å²) in [5, 5.41) is 8.20. The highest BCUT2D eigenvalue weighted by atomic mass is 15.3. The monoisotopic (exact) mass is 273 g/mol. The second-order valence-corrected chi connectivity index (χ2v) is 5.29. The Morgan fingerprint density at radius 2 is 1.85 bits per heavy atom. The van der Waals surface area contributed by atoms with Crippen molar-refractivity contribution in [2.75, 3.05) is 0 Å². The minimum atomic E-state index is -0.0572. The summed E-state index contributed by atoms with van der Waals surface area (Å²) in [6, 6.07) is 10.6. The maximum Gasteiger partial charge on any atom is 0.221 e. The molecule has 5 nitrogen and oxygen atoms in total. The molecule has 1 aliphatic carbocycles. The first-order valence-electron chi connectivity index (χ1n) is 7.11. The number of guanidine groups is 2. The average molecular weight is 273 g/mol. The Hall–Kier alpha value is -2.04. The van der Waals surface area contributed by atoms with Crippen molar-refractivity contribution < 1.29 is 0 Å². The lowest BCUT2D eigenvalue weighted by Crippen LogP contribution is -2.41. The van der Waals surface area contributed by atoms with E-state index >= 15 is 0 Å². The van der Waals surface area contributed by atoms with Crippen LogP contribution in [0.15, 0.2) is 35.3 Å². The minimum Gasteiger partial charge on any atom is -0.370 e. The van der Waals surface area contributed by atoms with Gasteiger partial charge in [-0.05, 0) is 25.3 Å². The molecule has 0 aliphatic heterocycles. The Bertz CT molecular complexity index is 472. The summed E-state index contributed by atoms with van der Waals surface area (Å²) in [4.78, 5) is 5.99. The molecule has 108 valence electrons. The van der Waals surface area contributed by atoms with Gasteiger partial charge in [0, 0.05) is 6.04 Å². The Morgan fingerprint density at radius 1 is 1.25 bits per heavy atom. The van der Waals surface area contributed by atoms with Crippen LogP contribution < -0.4 is 11.5 Å². The molecule has 1 atom stereocenters. The van der Waals surface area contributed by atoms with Crippen LogP contribution in [0.5, 0.6) is 0 Å². The quantitative estimate of drug-likeness (QED) is 0.582. The van der Waals surface area contributed by atoms with Gasteiger partial charge in [-0.3, -0.25) is 5.41 Å². The molecule has 1 fully saturated rings. The largest absolute Gasteiger partial charge is 0.370 e. The van der Waals surface area contributed by atoms with Gasteiger partial charge in [-0.1, -0.05) is 43.2 Å². The van der Waals surface area contributed by atoms with Crippen LogP contribution in [0.3, 0.4) is 0 Å². The third-order valence-corrected chi connectivity index (χ3v) is 3.90. The first-order chi connectivity index (χ1) is 9.59. The highest BCUT2D eigenvalue weighted by Gasteiger charge is 2.29. The van der Waals surface area contributed by atoms with Gasteiger partial charge in [0.05, 0.1) is 6.04 Å². The van der Waals surface area contributed by atoms with Crippen LogP contribution in [0.25, 0.3) is 0 Å². The minimum absolute atomic E-state index is 0.0572. The van der Waals surface area contributed by atoms with Crippen molar-refractivity contribution in [1.82, 2.24) is 4.90 Å². The number of nitrogens with zero attached hydrogens (tertiary/aromatic N) is 2. The molecule has 20 heavy (non-hydrogen) atoms. The fourth-order valence-electron chi connectivity index (χ4n) is 2.93. The lowest BCUT2D eigenvalue weighted by molar-refractivity contribution is 0.248. The van der Waals surface area contributed by atoms with E-state index < -0.39 is 0 Å². The summed E-state index contributed by atoms with van der Waals surface area (Å²) in [7, 11) is 0. The van der Waals surface area contributed by atoms with E-state index in [0.29, 0.717) is 6.04 Å². The molecule has 0 heterocycles. The average Bonchev–Trinajstić information content (AvgIpc) is 2.93. The zero-order chi connectivity index (χ0) is 14.5. The van der Waals surface area contributed by atoms with Crippen molar-refractivity contribution >= 4 is 11.9 Å². The molecule has 0 bridgehead atoms. The molecule has 0 spiro atoms. The Morgan fingerprint density at radius 3 is 2.40 bits per heavy atom. The van der Waals surface area contributed by atoms with Gasteiger partial charge >= 0.3 is 0 Å². The number of benzene rings is 1. The van der Waals surface area contributed by atoms with Crippen molar-refractivity contribution in [3.8, 4) is 0 Å². The van der Waals surface area contributed by atoms with Crippen LogP contribution in [0.2, 0.25) is 0 Å². The maximum absolute atomic E-state index is 8.20. The van der Waals surface area contributed by atoms with Crippen molar-refractivity contribution in [3.05, 3.63) is 35.9 Å². The molecule has 1 aromatic carbocycles. The van der Waals surface area contributed by atoms with Crippen molar-refractivity contribution in [2.45, 2.75) is 44.7 Å². The van der Waals surface area contributed by atoms with E-state index in [9.17, 15) is 0 Å². The van der Waals surface area contributed by atoms with Crippen molar-refractivity contribution in [3.63, 3.8) is 0 Å². The second kappa shape index (κ2) is 6.41. The molecule has 1 aromatic rings. The molecule has 1 aliphatic rings. The van der Waals surface area contributed by atoms with E-state index in [1.807, 2.05) is 23.1 Å². The van der Waals surface area contributed by atoms with Crippen LogP contribution >= 0.6 is 0 Å². The second-order valence-electron chi connectivity index (χ2n) is 5.29. The molecular weight excluding hydrogens is 250 g/mol. The van der Waals surface area contributed by atoms with E-state index in [1.54, 1.807) is 0 Å². The van der Waals surface area contributed by atoms with Gasteiger partial charge in [-0.15, -0.1) is 0 Å². The number of hydrogen-bond acceptors (Lipinski definition) is 1. The molecule has 5 heteroatoms. The van der Waals surface area contributed by atoms with Crippen molar-refractivity contribution in [1.29, 1.82) is 5.41 Å². The normalized spacial score (nSPS) is 16.6. The van der Waals surface area contributed by atoms with E-state index in [1.165, 1.54) is 18.4 Å². The van der Waals surface area contributed by atoms with Crippen LogP contribution in [0.4, 0.5) is 0 Å². The van der Waals surface area contributed by atoms with Gasteiger partial charge in [0.1, 0.15) is 0 Å². The van der Waals surface area contributed by atoms with Crippen LogP contribution in [-0.2, 0) is 0 Å². The molecule has 5 N–H and O–H groups in total. The number of nitrogens with one attached hydrogen (secondary N) is 1. The SMILES string of the molecule is CC(c1ccccc1)N(C(=N)N=C(N)N)C1CCCC1. The van der Waals surface area contributed by atoms with E-state index in [0.717, 1.165) is 12.8 Å². The molecule has 0 aromatic heterocycles. The summed E-state index contributed by atoms with van der Waals surface area (Å²) in [5.74, 6) is 0.103.